The summed E-state index contributed by atoms with van der Waals surface area (Å²) in [6.07, 6.45) is 0. The van der Waals surface area contributed by atoms with E-state index in [2.05, 4.69) is 26.1 Å². The summed E-state index contributed by atoms with van der Waals surface area (Å²) < 4.78 is 0. The minimum absolute atomic E-state index is 0.0530. The van der Waals surface area contributed by atoms with Gasteiger partial charge in [0.15, 0.2) is 5.78 Å². The standard InChI is InChI=1S/C20H32N2O2/c1-14(17(23)19(2,3)4)22(8)18(24)16-11-9-15(10-12-16)13-21-20(5,6)7/h9-12,14,21H,13H2,1-8H3. The van der Waals surface area contributed by atoms with Gasteiger partial charge in [-0.15, -0.1) is 0 Å². The van der Waals surface area contributed by atoms with Crippen LogP contribution in [0.2, 0.25) is 0 Å². The zero-order valence-electron chi connectivity index (χ0n) is 16.4. The first-order valence-electron chi connectivity index (χ1n) is 8.48. The smallest absolute Gasteiger partial charge is 0.254 e. The number of Topliss-reactive ketones (excluding diaryl/α,β-unsaturated/α-hetero) is 1. The molecule has 0 saturated heterocycles. The van der Waals surface area contributed by atoms with Crippen molar-refractivity contribution in [2.45, 2.75) is 66.6 Å². The average molecular weight is 332 g/mol. The lowest BCUT2D eigenvalue weighted by atomic mass is 9.86. The maximum Gasteiger partial charge on any atom is 0.254 e. The van der Waals surface area contributed by atoms with E-state index in [4.69, 9.17) is 0 Å². The van der Waals surface area contributed by atoms with Gasteiger partial charge in [0.25, 0.3) is 5.91 Å². The first kappa shape index (κ1) is 20.4. The van der Waals surface area contributed by atoms with Crippen molar-refractivity contribution < 1.29 is 9.59 Å². The summed E-state index contributed by atoms with van der Waals surface area (Å²) in [4.78, 5) is 26.5. The first-order chi connectivity index (χ1) is 10.8. The molecule has 4 nitrogen and oxygen atoms in total. The number of hydrogen-bond acceptors (Lipinski definition) is 3. The Morgan fingerprint density at radius 3 is 1.96 bits per heavy atom. The van der Waals surface area contributed by atoms with Crippen LogP contribution < -0.4 is 5.32 Å². The monoisotopic (exact) mass is 332 g/mol. The molecule has 0 bridgehead atoms. The maximum absolute atomic E-state index is 12.6. The molecule has 1 amide bonds. The molecule has 0 fully saturated rings. The van der Waals surface area contributed by atoms with E-state index in [-0.39, 0.29) is 17.2 Å². The van der Waals surface area contributed by atoms with Gasteiger partial charge in [0.1, 0.15) is 0 Å². The Morgan fingerprint density at radius 2 is 1.54 bits per heavy atom. The van der Waals surface area contributed by atoms with Gasteiger partial charge in [0.2, 0.25) is 0 Å². The van der Waals surface area contributed by atoms with E-state index >= 15 is 0 Å². The molecule has 0 aliphatic carbocycles. The molecule has 0 saturated carbocycles. The second-order valence-corrected chi connectivity index (χ2v) is 8.51. The Hall–Kier alpha value is -1.68. The second-order valence-electron chi connectivity index (χ2n) is 8.51. The van der Waals surface area contributed by atoms with Crippen LogP contribution in [-0.2, 0) is 11.3 Å². The Bertz CT molecular complexity index is 577. The van der Waals surface area contributed by atoms with Crippen LogP contribution in [0.3, 0.4) is 0 Å². The molecule has 4 heteroatoms. The van der Waals surface area contributed by atoms with Crippen molar-refractivity contribution in [1.82, 2.24) is 10.2 Å². The summed E-state index contributed by atoms with van der Waals surface area (Å²) in [6, 6.07) is 7.12. The summed E-state index contributed by atoms with van der Waals surface area (Å²) in [5.74, 6) is -0.0697. The van der Waals surface area contributed by atoms with Crippen LogP contribution in [-0.4, -0.2) is 35.2 Å². The minimum atomic E-state index is -0.462. The van der Waals surface area contributed by atoms with Crippen LogP contribution in [0.25, 0.3) is 0 Å². The normalized spacial score (nSPS) is 13.5. The minimum Gasteiger partial charge on any atom is -0.332 e. The van der Waals surface area contributed by atoms with Crippen LogP contribution in [0.1, 0.15) is 64.4 Å². The third kappa shape index (κ3) is 5.75. The molecule has 0 aliphatic rings. The predicted molar refractivity (Wildman–Crippen MR) is 99.1 cm³/mol. The van der Waals surface area contributed by atoms with Gasteiger partial charge in [0.05, 0.1) is 6.04 Å². The molecule has 1 aromatic carbocycles. The SMILES string of the molecule is CC(C(=O)C(C)(C)C)N(C)C(=O)c1ccc(CNC(C)(C)C)cc1. The average Bonchev–Trinajstić information content (AvgIpc) is 2.49. The topological polar surface area (TPSA) is 49.4 Å². The van der Waals surface area contributed by atoms with Crippen molar-refractivity contribution in [1.29, 1.82) is 0 Å². The first-order valence-corrected chi connectivity index (χ1v) is 8.48. The zero-order chi connectivity index (χ0) is 18.7. The number of hydrogen-bond donors (Lipinski definition) is 1. The fraction of sp³-hybridized carbons (Fsp3) is 0.600. The van der Waals surface area contributed by atoms with Crippen LogP contribution >= 0.6 is 0 Å². The van der Waals surface area contributed by atoms with E-state index in [0.717, 1.165) is 12.1 Å². The highest BCUT2D eigenvalue weighted by molar-refractivity contribution is 5.98. The number of rotatable bonds is 5. The fourth-order valence-corrected chi connectivity index (χ4v) is 2.31. The van der Waals surface area contributed by atoms with E-state index in [9.17, 15) is 9.59 Å². The predicted octanol–water partition coefficient (Wildman–Crippen LogP) is 3.65. The van der Waals surface area contributed by atoms with Gasteiger partial charge in [-0.25, -0.2) is 0 Å². The summed E-state index contributed by atoms with van der Waals surface area (Å²) in [5.41, 5.74) is 1.32. The van der Waals surface area contributed by atoms with Crippen molar-refractivity contribution >= 4 is 11.7 Å². The fourth-order valence-electron chi connectivity index (χ4n) is 2.31. The number of carbonyl (C=O) groups is 2. The van der Waals surface area contributed by atoms with Gasteiger partial charge < -0.3 is 10.2 Å². The van der Waals surface area contributed by atoms with Crippen LogP contribution in [0, 0.1) is 5.41 Å². The number of carbonyl (C=O) groups excluding carboxylic acids is 2. The molecule has 0 radical (unpaired) electrons. The molecule has 1 rings (SSSR count). The van der Waals surface area contributed by atoms with Crippen molar-refractivity contribution in [2.24, 2.45) is 5.41 Å². The van der Waals surface area contributed by atoms with Crippen molar-refractivity contribution in [3.05, 3.63) is 35.4 Å². The number of ketones is 1. The van der Waals surface area contributed by atoms with E-state index in [0.29, 0.717) is 5.56 Å². The molecule has 1 aromatic rings. The molecule has 0 spiro atoms. The number of nitrogens with one attached hydrogen (secondary N) is 1. The van der Waals surface area contributed by atoms with Crippen LogP contribution in [0.5, 0.6) is 0 Å². The third-order valence-electron chi connectivity index (χ3n) is 4.04. The van der Waals surface area contributed by atoms with Crippen LogP contribution in [0.4, 0.5) is 0 Å². The van der Waals surface area contributed by atoms with E-state index in [1.54, 1.807) is 14.0 Å². The van der Waals surface area contributed by atoms with Gasteiger partial charge in [-0.3, -0.25) is 9.59 Å². The largest absolute Gasteiger partial charge is 0.332 e. The Labute approximate surface area is 146 Å². The van der Waals surface area contributed by atoms with Gasteiger partial charge >= 0.3 is 0 Å². The molecular weight excluding hydrogens is 300 g/mol. The third-order valence-corrected chi connectivity index (χ3v) is 4.04. The van der Waals surface area contributed by atoms with Gasteiger partial charge in [-0.1, -0.05) is 32.9 Å². The van der Waals surface area contributed by atoms with Gasteiger partial charge in [-0.05, 0) is 45.4 Å². The molecule has 1 unspecified atom stereocenters. The van der Waals surface area contributed by atoms with Crippen molar-refractivity contribution in [2.75, 3.05) is 7.05 Å². The summed E-state index contributed by atoms with van der Waals surface area (Å²) in [5, 5.41) is 3.42. The second kappa shape index (κ2) is 7.47. The van der Waals surface area contributed by atoms with Gasteiger partial charge in [-0.2, -0.15) is 0 Å². The lowest BCUT2D eigenvalue weighted by molar-refractivity contribution is -0.130. The Balaban J connectivity index is 2.79. The summed E-state index contributed by atoms with van der Waals surface area (Å²) >= 11 is 0. The molecule has 0 heterocycles. The van der Waals surface area contributed by atoms with Crippen molar-refractivity contribution in [3.8, 4) is 0 Å². The Kier molecular flexibility index (Phi) is 6.34. The summed E-state index contributed by atoms with van der Waals surface area (Å²) in [7, 11) is 1.69. The van der Waals surface area contributed by atoms with Crippen LogP contribution in [0.15, 0.2) is 24.3 Å². The molecule has 134 valence electrons. The molecule has 0 aromatic heterocycles. The quantitative estimate of drug-likeness (QED) is 0.895. The molecule has 1 atom stereocenters. The van der Waals surface area contributed by atoms with E-state index in [1.165, 1.54) is 4.90 Å². The van der Waals surface area contributed by atoms with E-state index in [1.807, 2.05) is 45.0 Å². The van der Waals surface area contributed by atoms with Gasteiger partial charge in [0, 0.05) is 30.1 Å². The molecular formula is C20H32N2O2. The number of nitrogens with zero attached hydrogens (tertiary/aromatic N) is 1. The molecule has 0 aliphatic heterocycles. The number of benzene rings is 1. The molecule has 1 N–H and O–H groups in total. The number of amides is 1. The molecule has 24 heavy (non-hydrogen) atoms. The Morgan fingerprint density at radius 1 is 1.04 bits per heavy atom. The highest BCUT2D eigenvalue weighted by Gasteiger charge is 2.31. The number of likely N-dealkylation sites (N-methyl/N-ethyl adjacent to an activating group) is 1. The zero-order valence-corrected chi connectivity index (χ0v) is 16.4. The maximum atomic E-state index is 12.6. The lowest BCUT2D eigenvalue weighted by Gasteiger charge is -2.29. The van der Waals surface area contributed by atoms with E-state index < -0.39 is 11.5 Å². The summed E-state index contributed by atoms with van der Waals surface area (Å²) in [6.45, 7) is 14.5. The highest BCUT2D eigenvalue weighted by atomic mass is 16.2. The lowest BCUT2D eigenvalue weighted by Crippen LogP contribution is -2.44. The van der Waals surface area contributed by atoms with Crippen molar-refractivity contribution in [3.63, 3.8) is 0 Å². The highest BCUT2D eigenvalue weighted by Crippen LogP contribution is 2.20.